The standard InChI is InChI=1S/C76H147NO5/c1-3-5-7-9-11-13-15-17-19-20-34-38-42-46-50-54-58-62-66-70-76(81)82-71-67-63-59-55-51-47-43-39-36-33-31-29-27-25-23-21-22-24-26-28-30-32-35-37-41-45-49-53-57-61-65-69-75(80)77-73(72-78)74(79)68-64-60-56-52-48-44-40-18-16-14-12-10-8-6-4-2/h23,25,64,68,73-74,78-79H,3-22,24,26-63,65-67,69-72H2,1-2H3,(H,77,80)/b25-23-,68-64+. The van der Waals surface area contributed by atoms with Crippen molar-refractivity contribution in [2.75, 3.05) is 13.2 Å². The highest BCUT2D eigenvalue weighted by Crippen LogP contribution is 2.19. The molecule has 0 heterocycles. The maximum atomic E-state index is 12.5. The molecule has 0 aliphatic rings. The van der Waals surface area contributed by atoms with Crippen molar-refractivity contribution in [1.29, 1.82) is 0 Å². The molecule has 0 fully saturated rings. The number of unbranched alkanes of at least 4 members (excludes halogenated alkanes) is 58. The molecule has 0 aromatic rings. The van der Waals surface area contributed by atoms with Crippen LogP contribution < -0.4 is 5.32 Å². The molecule has 0 aliphatic carbocycles. The Labute approximate surface area is 513 Å². The molecule has 0 aromatic heterocycles. The Morgan fingerprint density at radius 3 is 0.866 bits per heavy atom. The third-order valence-corrected chi connectivity index (χ3v) is 17.7. The van der Waals surface area contributed by atoms with Crippen LogP contribution in [-0.4, -0.2) is 47.4 Å². The summed E-state index contributed by atoms with van der Waals surface area (Å²) in [6.07, 6.45) is 91.4. The van der Waals surface area contributed by atoms with Crippen molar-refractivity contribution in [1.82, 2.24) is 5.32 Å². The normalized spacial score (nSPS) is 12.6. The topological polar surface area (TPSA) is 95.9 Å². The minimum atomic E-state index is -0.843. The summed E-state index contributed by atoms with van der Waals surface area (Å²) in [4.78, 5) is 24.6. The van der Waals surface area contributed by atoms with Gasteiger partial charge in [-0.1, -0.05) is 378 Å². The van der Waals surface area contributed by atoms with E-state index in [2.05, 4.69) is 31.3 Å². The van der Waals surface area contributed by atoms with Crippen LogP contribution >= 0.6 is 0 Å². The van der Waals surface area contributed by atoms with Gasteiger partial charge in [-0.3, -0.25) is 9.59 Å². The Kier molecular flexibility index (Phi) is 70.4. The first-order chi connectivity index (χ1) is 40.5. The van der Waals surface area contributed by atoms with Crippen molar-refractivity contribution < 1.29 is 24.5 Å². The summed E-state index contributed by atoms with van der Waals surface area (Å²) in [7, 11) is 0. The zero-order chi connectivity index (χ0) is 59.2. The molecule has 0 aliphatic heterocycles. The lowest BCUT2D eigenvalue weighted by molar-refractivity contribution is -0.143. The summed E-state index contributed by atoms with van der Waals surface area (Å²) in [6, 6.07) is -0.626. The maximum absolute atomic E-state index is 12.5. The Morgan fingerprint density at radius 2 is 0.573 bits per heavy atom. The Hall–Kier alpha value is -1.66. The maximum Gasteiger partial charge on any atom is 0.305 e. The second kappa shape index (κ2) is 71.8. The van der Waals surface area contributed by atoms with Gasteiger partial charge in [0.2, 0.25) is 5.91 Å². The van der Waals surface area contributed by atoms with Gasteiger partial charge in [0.25, 0.3) is 0 Å². The number of hydrogen-bond donors (Lipinski definition) is 3. The van der Waals surface area contributed by atoms with E-state index in [1.54, 1.807) is 6.08 Å². The minimum absolute atomic E-state index is 0.0230. The molecular weight excluding hydrogens is 1010 g/mol. The minimum Gasteiger partial charge on any atom is -0.466 e. The predicted octanol–water partition coefficient (Wildman–Crippen LogP) is 24.5. The first kappa shape index (κ1) is 80.3. The molecule has 0 bridgehead atoms. The summed E-state index contributed by atoms with van der Waals surface area (Å²) in [5.74, 6) is -0.0401. The van der Waals surface area contributed by atoms with Gasteiger partial charge >= 0.3 is 5.97 Å². The molecule has 0 saturated carbocycles. The van der Waals surface area contributed by atoms with Crippen LogP contribution in [0.3, 0.4) is 0 Å². The lowest BCUT2D eigenvalue weighted by atomic mass is 10.0. The second-order valence-electron chi connectivity index (χ2n) is 26.0. The van der Waals surface area contributed by atoms with Gasteiger partial charge in [0.1, 0.15) is 0 Å². The van der Waals surface area contributed by atoms with Gasteiger partial charge in [0.15, 0.2) is 0 Å². The molecule has 2 unspecified atom stereocenters. The van der Waals surface area contributed by atoms with Crippen LogP contribution in [-0.2, 0) is 14.3 Å². The number of esters is 1. The van der Waals surface area contributed by atoms with Crippen molar-refractivity contribution in [3.63, 3.8) is 0 Å². The molecule has 0 saturated heterocycles. The number of ether oxygens (including phenoxy) is 1. The average molecular weight is 1160 g/mol. The van der Waals surface area contributed by atoms with Crippen LogP contribution in [0.2, 0.25) is 0 Å². The molecule has 0 spiro atoms. The molecule has 2 atom stereocenters. The highest BCUT2D eigenvalue weighted by Gasteiger charge is 2.18. The quantitative estimate of drug-likeness (QED) is 0.0320. The number of rotatable bonds is 71. The molecule has 0 aromatic carbocycles. The fraction of sp³-hybridized carbons (Fsp3) is 0.921. The SMILES string of the molecule is CCCCCCCCCCCCCCC/C=C/C(O)C(CO)NC(=O)CCCCCCCCCCCCCCCCC/C=C\CCCCCCCCCCCCCCOC(=O)CCCCCCCCCCCCCCCCCCCCC. The molecule has 486 valence electrons. The van der Waals surface area contributed by atoms with Gasteiger partial charge in [-0.15, -0.1) is 0 Å². The van der Waals surface area contributed by atoms with Crippen LogP contribution in [0.15, 0.2) is 24.3 Å². The average Bonchev–Trinajstić information content (AvgIpc) is 3.48. The van der Waals surface area contributed by atoms with Gasteiger partial charge in [-0.2, -0.15) is 0 Å². The highest BCUT2D eigenvalue weighted by molar-refractivity contribution is 5.76. The van der Waals surface area contributed by atoms with Crippen LogP contribution in [0.1, 0.15) is 425 Å². The van der Waals surface area contributed by atoms with Crippen molar-refractivity contribution >= 4 is 11.9 Å². The largest absolute Gasteiger partial charge is 0.466 e. The molecule has 0 radical (unpaired) electrons. The fourth-order valence-corrected chi connectivity index (χ4v) is 12.0. The molecule has 6 heteroatoms. The van der Waals surface area contributed by atoms with Crippen molar-refractivity contribution in [3.05, 3.63) is 24.3 Å². The molecule has 3 N–H and O–H groups in total. The summed E-state index contributed by atoms with van der Waals surface area (Å²) in [5, 5.41) is 23.2. The molecular formula is C76H147NO5. The smallest absolute Gasteiger partial charge is 0.305 e. The van der Waals surface area contributed by atoms with E-state index < -0.39 is 12.1 Å². The van der Waals surface area contributed by atoms with Gasteiger partial charge in [-0.05, 0) is 57.8 Å². The van der Waals surface area contributed by atoms with Gasteiger partial charge < -0.3 is 20.3 Å². The van der Waals surface area contributed by atoms with E-state index in [-0.39, 0.29) is 18.5 Å². The lowest BCUT2D eigenvalue weighted by Gasteiger charge is -2.20. The van der Waals surface area contributed by atoms with Gasteiger partial charge in [0, 0.05) is 12.8 Å². The van der Waals surface area contributed by atoms with E-state index in [0.29, 0.717) is 19.4 Å². The van der Waals surface area contributed by atoms with Gasteiger partial charge in [-0.25, -0.2) is 0 Å². The van der Waals surface area contributed by atoms with Crippen molar-refractivity contribution in [2.24, 2.45) is 0 Å². The number of carbonyl (C=O) groups excluding carboxylic acids is 2. The number of amides is 1. The highest BCUT2D eigenvalue weighted by atomic mass is 16.5. The summed E-state index contributed by atoms with van der Waals surface area (Å²) in [6.45, 7) is 4.95. The van der Waals surface area contributed by atoms with Crippen molar-refractivity contribution in [2.45, 2.75) is 437 Å². The third-order valence-electron chi connectivity index (χ3n) is 17.7. The van der Waals surface area contributed by atoms with E-state index >= 15 is 0 Å². The third kappa shape index (κ3) is 67.5. The Bertz CT molecular complexity index is 1280. The van der Waals surface area contributed by atoms with Crippen LogP contribution in [0.4, 0.5) is 0 Å². The molecule has 82 heavy (non-hydrogen) atoms. The van der Waals surface area contributed by atoms with E-state index in [4.69, 9.17) is 4.74 Å². The first-order valence-corrected chi connectivity index (χ1v) is 37.6. The Balaban J connectivity index is 3.34. The first-order valence-electron chi connectivity index (χ1n) is 37.6. The predicted molar refractivity (Wildman–Crippen MR) is 361 cm³/mol. The summed E-state index contributed by atoms with van der Waals surface area (Å²) < 4.78 is 5.52. The van der Waals surface area contributed by atoms with Gasteiger partial charge in [0.05, 0.1) is 25.4 Å². The van der Waals surface area contributed by atoms with E-state index in [9.17, 15) is 19.8 Å². The number of aliphatic hydroxyl groups excluding tert-OH is 2. The van der Waals surface area contributed by atoms with E-state index in [1.165, 1.54) is 360 Å². The number of allylic oxidation sites excluding steroid dienone is 3. The zero-order valence-electron chi connectivity index (χ0n) is 55.8. The summed E-state index contributed by atoms with van der Waals surface area (Å²) in [5.41, 5.74) is 0. The van der Waals surface area contributed by atoms with Crippen LogP contribution in [0, 0.1) is 0 Å². The molecule has 6 nitrogen and oxygen atoms in total. The zero-order valence-corrected chi connectivity index (χ0v) is 55.8. The van der Waals surface area contributed by atoms with E-state index in [1.807, 2.05) is 6.08 Å². The van der Waals surface area contributed by atoms with Crippen LogP contribution in [0.25, 0.3) is 0 Å². The van der Waals surface area contributed by atoms with Crippen LogP contribution in [0.5, 0.6) is 0 Å². The number of carbonyl (C=O) groups is 2. The molecule has 1 amide bonds. The lowest BCUT2D eigenvalue weighted by Crippen LogP contribution is -2.45. The number of hydrogen-bond acceptors (Lipinski definition) is 5. The molecule has 0 rings (SSSR count). The number of nitrogens with one attached hydrogen (secondary N) is 1. The monoisotopic (exact) mass is 1150 g/mol. The fourth-order valence-electron chi connectivity index (χ4n) is 12.0. The summed E-state index contributed by atoms with van der Waals surface area (Å²) >= 11 is 0. The number of aliphatic hydroxyl groups is 2. The van der Waals surface area contributed by atoms with Crippen molar-refractivity contribution in [3.8, 4) is 0 Å². The Morgan fingerprint density at radius 1 is 0.329 bits per heavy atom. The second-order valence-corrected chi connectivity index (χ2v) is 26.0. The van der Waals surface area contributed by atoms with E-state index in [0.717, 1.165) is 38.5 Å².